The van der Waals surface area contributed by atoms with Gasteiger partial charge >= 0.3 is 0 Å². The molecular formula is C12H19BrN2S. The van der Waals surface area contributed by atoms with Crippen molar-refractivity contribution < 1.29 is 0 Å². The van der Waals surface area contributed by atoms with Crippen LogP contribution in [-0.2, 0) is 6.42 Å². The quantitative estimate of drug-likeness (QED) is 0.757. The smallest absolute Gasteiger partial charge is 0.0285 e. The highest BCUT2D eigenvalue weighted by molar-refractivity contribution is 9.10. The third-order valence-electron chi connectivity index (χ3n) is 3.18. The highest BCUT2D eigenvalue weighted by Gasteiger charge is 2.41. The summed E-state index contributed by atoms with van der Waals surface area (Å²) < 4.78 is 1.21. The molecule has 0 saturated heterocycles. The van der Waals surface area contributed by atoms with E-state index < -0.39 is 0 Å². The molecule has 0 unspecified atom stereocenters. The fraction of sp³-hybridized carbons (Fsp3) is 0.667. The van der Waals surface area contributed by atoms with Crippen molar-refractivity contribution in [2.75, 3.05) is 26.7 Å². The fourth-order valence-corrected chi connectivity index (χ4v) is 3.47. The first kappa shape index (κ1) is 12.6. The van der Waals surface area contributed by atoms with E-state index in [1.807, 2.05) is 18.4 Å². The van der Waals surface area contributed by atoms with Crippen molar-refractivity contribution in [3.05, 3.63) is 20.8 Å². The minimum absolute atomic E-state index is 0.574. The van der Waals surface area contributed by atoms with Crippen molar-refractivity contribution in [1.82, 2.24) is 10.6 Å². The van der Waals surface area contributed by atoms with Gasteiger partial charge in [-0.2, -0.15) is 0 Å². The van der Waals surface area contributed by atoms with Crippen molar-refractivity contribution in [1.29, 1.82) is 0 Å². The largest absolute Gasteiger partial charge is 0.319 e. The van der Waals surface area contributed by atoms with Gasteiger partial charge in [-0.05, 0) is 60.3 Å². The van der Waals surface area contributed by atoms with Crippen molar-refractivity contribution in [2.45, 2.75) is 19.3 Å². The highest BCUT2D eigenvalue weighted by Crippen LogP contribution is 2.44. The van der Waals surface area contributed by atoms with Crippen molar-refractivity contribution in [2.24, 2.45) is 5.41 Å². The Morgan fingerprint density at radius 2 is 2.25 bits per heavy atom. The van der Waals surface area contributed by atoms with Crippen LogP contribution in [0.15, 0.2) is 15.9 Å². The molecule has 16 heavy (non-hydrogen) atoms. The van der Waals surface area contributed by atoms with E-state index in [2.05, 4.69) is 38.0 Å². The molecule has 0 radical (unpaired) electrons. The topological polar surface area (TPSA) is 24.1 Å². The van der Waals surface area contributed by atoms with Gasteiger partial charge in [0.05, 0.1) is 0 Å². The Bertz CT molecular complexity index is 334. The molecule has 0 atom stereocenters. The van der Waals surface area contributed by atoms with Gasteiger partial charge in [0.25, 0.3) is 0 Å². The second kappa shape index (κ2) is 5.63. The van der Waals surface area contributed by atoms with E-state index >= 15 is 0 Å². The van der Waals surface area contributed by atoms with Gasteiger partial charge in [0, 0.05) is 27.8 Å². The van der Waals surface area contributed by atoms with Gasteiger partial charge in [-0.3, -0.25) is 0 Å². The predicted molar refractivity (Wildman–Crippen MR) is 74.2 cm³/mol. The second-order valence-corrected chi connectivity index (χ2v) is 6.60. The molecule has 0 bridgehead atoms. The normalized spacial score (nSPS) is 17.6. The Morgan fingerprint density at radius 1 is 1.44 bits per heavy atom. The molecule has 1 aliphatic rings. The molecule has 90 valence electrons. The van der Waals surface area contributed by atoms with Gasteiger partial charge in [-0.25, -0.2) is 0 Å². The maximum Gasteiger partial charge on any atom is 0.0285 e. The summed E-state index contributed by atoms with van der Waals surface area (Å²) in [6.45, 7) is 3.42. The van der Waals surface area contributed by atoms with Gasteiger partial charge in [-0.1, -0.05) is 0 Å². The fourth-order valence-electron chi connectivity index (χ4n) is 2.02. The monoisotopic (exact) mass is 302 g/mol. The molecule has 2 N–H and O–H groups in total. The summed E-state index contributed by atoms with van der Waals surface area (Å²) in [6.07, 6.45) is 3.91. The van der Waals surface area contributed by atoms with Crippen molar-refractivity contribution in [3.63, 3.8) is 0 Å². The van der Waals surface area contributed by atoms with Crippen LogP contribution in [0.3, 0.4) is 0 Å². The van der Waals surface area contributed by atoms with Crippen LogP contribution in [0.25, 0.3) is 0 Å². The Kier molecular flexibility index (Phi) is 4.41. The average molecular weight is 303 g/mol. The van der Waals surface area contributed by atoms with Crippen LogP contribution < -0.4 is 10.6 Å². The van der Waals surface area contributed by atoms with E-state index in [1.54, 1.807) is 0 Å². The van der Waals surface area contributed by atoms with Gasteiger partial charge < -0.3 is 10.6 Å². The van der Waals surface area contributed by atoms with Crippen LogP contribution in [0.1, 0.15) is 17.7 Å². The number of hydrogen-bond acceptors (Lipinski definition) is 3. The summed E-state index contributed by atoms with van der Waals surface area (Å²) in [6, 6.07) is 2.22. The summed E-state index contributed by atoms with van der Waals surface area (Å²) in [5.41, 5.74) is 0.574. The zero-order chi connectivity index (χ0) is 11.4. The first-order valence-electron chi connectivity index (χ1n) is 5.82. The zero-order valence-electron chi connectivity index (χ0n) is 9.68. The minimum Gasteiger partial charge on any atom is -0.319 e. The number of thiophene rings is 1. The minimum atomic E-state index is 0.574. The zero-order valence-corrected chi connectivity index (χ0v) is 12.1. The third kappa shape index (κ3) is 3.55. The van der Waals surface area contributed by atoms with Gasteiger partial charge in [0.1, 0.15) is 0 Å². The van der Waals surface area contributed by atoms with Crippen LogP contribution in [0.2, 0.25) is 0 Å². The third-order valence-corrected chi connectivity index (χ3v) is 4.94. The van der Waals surface area contributed by atoms with E-state index in [0.717, 1.165) is 19.5 Å². The molecular weight excluding hydrogens is 284 g/mol. The molecule has 1 aromatic rings. The second-order valence-electron chi connectivity index (χ2n) is 4.69. The van der Waals surface area contributed by atoms with Crippen LogP contribution in [-0.4, -0.2) is 26.7 Å². The number of rotatable bonds is 7. The van der Waals surface area contributed by atoms with E-state index in [-0.39, 0.29) is 0 Å². The summed E-state index contributed by atoms with van der Waals surface area (Å²) in [5, 5.41) is 9.02. The van der Waals surface area contributed by atoms with Crippen molar-refractivity contribution in [3.8, 4) is 0 Å². The molecule has 1 fully saturated rings. The van der Waals surface area contributed by atoms with Gasteiger partial charge in [0.15, 0.2) is 0 Å². The van der Waals surface area contributed by atoms with Crippen LogP contribution >= 0.6 is 27.3 Å². The SMILES string of the molecule is CNCC1(CNCCc2cc(Br)cs2)CC1. The summed E-state index contributed by atoms with van der Waals surface area (Å²) in [5.74, 6) is 0. The number of halogens is 1. The number of nitrogens with one attached hydrogen (secondary N) is 2. The van der Waals surface area contributed by atoms with Crippen LogP contribution in [0, 0.1) is 5.41 Å². The lowest BCUT2D eigenvalue weighted by atomic mass is 10.1. The highest BCUT2D eigenvalue weighted by atomic mass is 79.9. The van der Waals surface area contributed by atoms with Gasteiger partial charge in [0.2, 0.25) is 0 Å². The van der Waals surface area contributed by atoms with E-state index in [0.29, 0.717) is 5.41 Å². The van der Waals surface area contributed by atoms with E-state index in [9.17, 15) is 0 Å². The molecule has 0 spiro atoms. The van der Waals surface area contributed by atoms with Crippen LogP contribution in [0.4, 0.5) is 0 Å². The lowest BCUT2D eigenvalue weighted by molar-refractivity contribution is 0.441. The Labute approximate surface area is 110 Å². The Morgan fingerprint density at radius 3 is 2.81 bits per heavy atom. The van der Waals surface area contributed by atoms with Gasteiger partial charge in [-0.15, -0.1) is 11.3 Å². The molecule has 2 rings (SSSR count). The molecule has 1 aromatic heterocycles. The molecule has 1 saturated carbocycles. The Balaban J connectivity index is 1.62. The maximum atomic E-state index is 3.58. The molecule has 1 aliphatic carbocycles. The van der Waals surface area contributed by atoms with E-state index in [4.69, 9.17) is 0 Å². The average Bonchev–Trinajstić information content (AvgIpc) is 2.90. The number of hydrogen-bond donors (Lipinski definition) is 2. The molecule has 0 aromatic carbocycles. The summed E-state index contributed by atoms with van der Waals surface area (Å²) in [7, 11) is 2.04. The molecule has 0 aliphatic heterocycles. The summed E-state index contributed by atoms with van der Waals surface area (Å²) in [4.78, 5) is 1.46. The standard InChI is InChI=1S/C12H19BrN2S/c1-14-8-12(3-4-12)9-15-5-2-11-6-10(13)7-16-11/h6-7,14-15H,2-5,8-9H2,1H3. The summed E-state index contributed by atoms with van der Waals surface area (Å²) >= 11 is 5.32. The lowest BCUT2D eigenvalue weighted by Crippen LogP contribution is -2.32. The molecule has 1 heterocycles. The first-order chi connectivity index (χ1) is 7.74. The molecule has 0 amide bonds. The van der Waals surface area contributed by atoms with Crippen LogP contribution in [0.5, 0.6) is 0 Å². The maximum absolute atomic E-state index is 3.58. The Hall–Kier alpha value is 0.1000. The van der Waals surface area contributed by atoms with E-state index in [1.165, 1.54) is 28.7 Å². The van der Waals surface area contributed by atoms with Crippen molar-refractivity contribution >= 4 is 27.3 Å². The predicted octanol–water partition coefficient (Wildman–Crippen LogP) is 2.64. The lowest BCUT2D eigenvalue weighted by Gasteiger charge is -2.14. The first-order valence-corrected chi connectivity index (χ1v) is 7.50. The molecule has 4 heteroatoms. The molecule has 2 nitrogen and oxygen atoms in total.